The molecule has 0 saturated carbocycles. The first-order valence-electron chi connectivity index (χ1n) is 10.6. The molecule has 0 aliphatic carbocycles. The van der Waals surface area contributed by atoms with Gasteiger partial charge in [-0.25, -0.2) is 4.98 Å². The monoisotopic (exact) mass is 460 g/mol. The first-order chi connectivity index (χ1) is 15.0. The fraction of sp³-hybridized carbons (Fsp3) is 0.455. The Balaban J connectivity index is 1.91. The van der Waals surface area contributed by atoms with Crippen LogP contribution in [0.5, 0.6) is 0 Å². The summed E-state index contributed by atoms with van der Waals surface area (Å²) in [6, 6.07) is 3.64. The number of fused-ring (bicyclic) bond motifs is 1. The Labute approximate surface area is 191 Å². The molecular formula is C22H28N4O3S2. The maximum absolute atomic E-state index is 13.2. The van der Waals surface area contributed by atoms with E-state index in [-0.39, 0.29) is 30.2 Å². The van der Waals surface area contributed by atoms with E-state index in [4.69, 9.17) is 12.2 Å². The third-order valence-electron chi connectivity index (χ3n) is 5.04. The number of thiocarbonyl (C=S) groups is 1. The van der Waals surface area contributed by atoms with Crippen molar-refractivity contribution in [3.63, 3.8) is 0 Å². The molecule has 0 unspecified atom stereocenters. The third kappa shape index (κ3) is 5.53. The van der Waals surface area contributed by atoms with Gasteiger partial charge in [0.15, 0.2) is 0 Å². The fourth-order valence-electron chi connectivity index (χ4n) is 3.40. The lowest BCUT2D eigenvalue weighted by molar-refractivity contribution is -0.122. The molecule has 1 amide bonds. The maximum Gasteiger partial charge on any atom is 0.267 e. The lowest BCUT2D eigenvalue weighted by Crippen LogP contribution is -2.29. The predicted octanol–water partition coefficient (Wildman–Crippen LogP) is 3.58. The topological polar surface area (TPSA) is 86.9 Å². The second-order valence-corrected chi connectivity index (χ2v) is 9.19. The molecule has 2 aromatic heterocycles. The zero-order valence-corrected chi connectivity index (χ0v) is 19.5. The minimum absolute atomic E-state index is 0.103. The Morgan fingerprint density at radius 2 is 2.00 bits per heavy atom. The zero-order chi connectivity index (χ0) is 22.4. The van der Waals surface area contributed by atoms with Crippen LogP contribution in [-0.4, -0.2) is 49.3 Å². The van der Waals surface area contributed by atoms with Gasteiger partial charge >= 0.3 is 0 Å². The molecule has 166 valence electrons. The molecule has 0 aromatic carbocycles. The Kier molecular flexibility index (Phi) is 8.22. The van der Waals surface area contributed by atoms with E-state index in [1.54, 1.807) is 23.2 Å². The number of carbonyl (C=O) groups excluding carboxylic acids is 1. The summed E-state index contributed by atoms with van der Waals surface area (Å²) in [7, 11) is 0. The molecule has 1 saturated heterocycles. The number of rotatable bonds is 10. The fourth-order valence-corrected chi connectivity index (χ4v) is 4.69. The number of aryl methyl sites for hydroxylation is 1. The van der Waals surface area contributed by atoms with Crippen LogP contribution >= 0.6 is 24.0 Å². The van der Waals surface area contributed by atoms with Gasteiger partial charge in [-0.1, -0.05) is 62.7 Å². The smallest absolute Gasteiger partial charge is 0.267 e. The second-order valence-electron chi connectivity index (χ2n) is 7.51. The summed E-state index contributed by atoms with van der Waals surface area (Å²) in [5.41, 5.74) is 1.42. The van der Waals surface area contributed by atoms with Crippen molar-refractivity contribution in [3.8, 4) is 0 Å². The third-order valence-corrected chi connectivity index (χ3v) is 6.42. The molecule has 1 fully saturated rings. The Morgan fingerprint density at radius 3 is 2.74 bits per heavy atom. The number of nitrogens with zero attached hydrogens (tertiary/aromatic N) is 3. The molecule has 0 atom stereocenters. The number of anilines is 1. The highest BCUT2D eigenvalue weighted by atomic mass is 32.2. The molecule has 2 aromatic rings. The van der Waals surface area contributed by atoms with Gasteiger partial charge in [0.1, 0.15) is 15.8 Å². The van der Waals surface area contributed by atoms with E-state index in [0.29, 0.717) is 27.2 Å². The number of hydrogen-bond acceptors (Lipinski definition) is 7. The van der Waals surface area contributed by atoms with Crippen molar-refractivity contribution in [1.82, 2.24) is 14.3 Å². The summed E-state index contributed by atoms with van der Waals surface area (Å²) < 4.78 is 1.99. The minimum Gasteiger partial charge on any atom is -0.395 e. The van der Waals surface area contributed by atoms with Gasteiger partial charge in [-0.3, -0.25) is 18.9 Å². The van der Waals surface area contributed by atoms with E-state index >= 15 is 0 Å². The molecule has 3 heterocycles. The Morgan fingerprint density at radius 1 is 1.23 bits per heavy atom. The van der Waals surface area contributed by atoms with Gasteiger partial charge < -0.3 is 10.4 Å². The van der Waals surface area contributed by atoms with Crippen molar-refractivity contribution in [2.24, 2.45) is 0 Å². The van der Waals surface area contributed by atoms with Crippen LogP contribution in [0.25, 0.3) is 11.7 Å². The van der Waals surface area contributed by atoms with Gasteiger partial charge in [0.2, 0.25) is 0 Å². The van der Waals surface area contributed by atoms with Crippen molar-refractivity contribution >= 4 is 51.7 Å². The highest BCUT2D eigenvalue weighted by Gasteiger charge is 2.32. The van der Waals surface area contributed by atoms with Crippen molar-refractivity contribution in [3.05, 3.63) is 44.7 Å². The van der Waals surface area contributed by atoms with Gasteiger partial charge in [-0.2, -0.15) is 0 Å². The largest absolute Gasteiger partial charge is 0.395 e. The number of amides is 1. The number of nitrogens with one attached hydrogen (secondary N) is 1. The number of pyridine rings is 1. The van der Waals surface area contributed by atoms with Crippen LogP contribution in [0.2, 0.25) is 0 Å². The minimum atomic E-state index is -0.279. The number of carbonyl (C=O) groups is 1. The van der Waals surface area contributed by atoms with E-state index in [1.165, 1.54) is 29.0 Å². The van der Waals surface area contributed by atoms with Crippen LogP contribution in [-0.2, 0) is 4.79 Å². The number of thioether (sulfide) groups is 1. The number of hydrogen-bond donors (Lipinski definition) is 2. The number of aliphatic hydroxyl groups is 1. The Bertz CT molecular complexity index is 1060. The van der Waals surface area contributed by atoms with Crippen LogP contribution in [0.1, 0.15) is 50.2 Å². The predicted molar refractivity (Wildman–Crippen MR) is 130 cm³/mol. The van der Waals surface area contributed by atoms with Crippen LogP contribution in [0.4, 0.5) is 5.82 Å². The van der Waals surface area contributed by atoms with E-state index in [2.05, 4.69) is 17.2 Å². The molecule has 3 rings (SSSR count). The van der Waals surface area contributed by atoms with Gasteiger partial charge in [-0.05, 0) is 31.1 Å². The first kappa shape index (κ1) is 23.4. The summed E-state index contributed by atoms with van der Waals surface area (Å²) >= 11 is 6.63. The normalized spacial score (nSPS) is 15.5. The summed E-state index contributed by atoms with van der Waals surface area (Å²) in [6.45, 7) is 4.80. The van der Waals surface area contributed by atoms with Crippen molar-refractivity contribution in [2.75, 3.05) is 25.0 Å². The van der Waals surface area contributed by atoms with Crippen LogP contribution in [0.15, 0.2) is 28.0 Å². The highest BCUT2D eigenvalue weighted by molar-refractivity contribution is 8.26. The van der Waals surface area contributed by atoms with Gasteiger partial charge in [0.25, 0.3) is 11.5 Å². The van der Waals surface area contributed by atoms with Crippen molar-refractivity contribution in [1.29, 1.82) is 0 Å². The van der Waals surface area contributed by atoms with Crippen LogP contribution < -0.4 is 10.9 Å². The Hall–Kier alpha value is -2.23. The lowest BCUT2D eigenvalue weighted by Gasteiger charge is -2.14. The number of aliphatic hydroxyl groups excluding tert-OH is 1. The molecule has 0 radical (unpaired) electrons. The van der Waals surface area contributed by atoms with Gasteiger partial charge in [0, 0.05) is 19.3 Å². The van der Waals surface area contributed by atoms with E-state index in [9.17, 15) is 14.7 Å². The van der Waals surface area contributed by atoms with Crippen molar-refractivity contribution in [2.45, 2.75) is 46.0 Å². The van der Waals surface area contributed by atoms with E-state index in [1.807, 2.05) is 13.0 Å². The quantitative estimate of drug-likeness (QED) is 0.318. The summed E-state index contributed by atoms with van der Waals surface area (Å²) in [4.78, 5) is 32.7. The standard InChI is InChI=1S/C22H28N4O3S2/c1-3-4-5-6-7-11-25-21(29)17(31-22(25)30)13-16-19(23-10-12-27)24-18-9-8-15(2)14-26(18)20(16)28/h8-9,13-14,23,27H,3-7,10-12H2,1-2H3/b17-13+. The molecule has 7 nitrogen and oxygen atoms in total. The molecule has 2 N–H and O–H groups in total. The van der Waals surface area contributed by atoms with Gasteiger partial charge in [0.05, 0.1) is 17.1 Å². The molecule has 0 bridgehead atoms. The van der Waals surface area contributed by atoms with E-state index in [0.717, 1.165) is 24.8 Å². The van der Waals surface area contributed by atoms with Crippen molar-refractivity contribution < 1.29 is 9.90 Å². The maximum atomic E-state index is 13.2. The second kappa shape index (κ2) is 10.9. The first-order valence-corrected chi connectivity index (χ1v) is 11.8. The van der Waals surface area contributed by atoms with Crippen LogP contribution in [0, 0.1) is 6.92 Å². The molecule has 1 aliphatic rings. The van der Waals surface area contributed by atoms with Gasteiger partial charge in [-0.15, -0.1) is 0 Å². The summed E-state index contributed by atoms with van der Waals surface area (Å²) in [5.74, 6) is 0.167. The SMILES string of the molecule is CCCCCCCN1C(=O)/C(=C\c2c(NCCO)nc3ccc(C)cn3c2=O)SC1=S. The highest BCUT2D eigenvalue weighted by Crippen LogP contribution is 2.33. The zero-order valence-electron chi connectivity index (χ0n) is 17.9. The molecular weight excluding hydrogens is 432 g/mol. The lowest BCUT2D eigenvalue weighted by atomic mass is 10.1. The number of unbranched alkanes of at least 4 members (excludes halogenated alkanes) is 4. The van der Waals surface area contributed by atoms with Crippen LogP contribution in [0.3, 0.4) is 0 Å². The summed E-state index contributed by atoms with van der Waals surface area (Å²) in [6.07, 6.45) is 8.78. The average molecular weight is 461 g/mol. The summed E-state index contributed by atoms with van der Waals surface area (Å²) in [5, 5.41) is 12.2. The average Bonchev–Trinajstić information content (AvgIpc) is 3.02. The molecule has 1 aliphatic heterocycles. The number of aromatic nitrogens is 2. The molecule has 31 heavy (non-hydrogen) atoms. The molecule has 9 heteroatoms. The van der Waals surface area contributed by atoms with E-state index < -0.39 is 0 Å². The molecule has 0 spiro atoms.